The van der Waals surface area contributed by atoms with Crippen LogP contribution in [0.2, 0.25) is 0 Å². The molecule has 0 bridgehead atoms. The van der Waals surface area contributed by atoms with Crippen molar-refractivity contribution in [3.05, 3.63) is 94.7 Å². The van der Waals surface area contributed by atoms with Crippen LogP contribution in [-0.2, 0) is 6.54 Å². The zero-order chi connectivity index (χ0) is 22.9. The summed E-state index contributed by atoms with van der Waals surface area (Å²) in [5.74, 6) is -0.360. The molecule has 3 heterocycles. The minimum Gasteiger partial charge on any atom is -0.334 e. The highest BCUT2D eigenvalue weighted by atomic mass is 32.1. The molecule has 4 aromatic rings. The van der Waals surface area contributed by atoms with E-state index in [4.69, 9.17) is 0 Å². The molecule has 1 atom stereocenters. The first-order valence-corrected chi connectivity index (χ1v) is 11.9. The molecular weight excluding hydrogens is 437 g/mol. The van der Waals surface area contributed by atoms with Crippen molar-refractivity contribution in [2.45, 2.75) is 19.5 Å². The number of carbonyl (C=O) groups is 2. The summed E-state index contributed by atoms with van der Waals surface area (Å²) in [7, 11) is 0. The van der Waals surface area contributed by atoms with Crippen LogP contribution in [0.15, 0.2) is 72.1 Å². The highest BCUT2D eigenvalue weighted by Crippen LogP contribution is 2.28. The molecule has 0 spiro atoms. The molecule has 1 aliphatic heterocycles. The maximum absolute atomic E-state index is 13.8. The van der Waals surface area contributed by atoms with Crippen LogP contribution in [0.3, 0.4) is 0 Å². The topological polar surface area (TPSA) is 45.6 Å². The minimum absolute atomic E-state index is 0.00908. The second-order valence-corrected chi connectivity index (χ2v) is 9.29. The average molecular weight is 462 g/mol. The molecule has 2 aromatic carbocycles. The van der Waals surface area contributed by atoms with Gasteiger partial charge in [0.15, 0.2) is 0 Å². The Hall–Kier alpha value is -3.45. The van der Waals surface area contributed by atoms with Crippen LogP contribution in [0.25, 0.3) is 10.2 Å². The molecule has 1 fully saturated rings. The van der Waals surface area contributed by atoms with Gasteiger partial charge < -0.3 is 14.4 Å². The Morgan fingerprint density at radius 3 is 2.58 bits per heavy atom. The fourth-order valence-electron chi connectivity index (χ4n) is 4.48. The lowest BCUT2D eigenvalue weighted by Gasteiger charge is -2.40. The van der Waals surface area contributed by atoms with Gasteiger partial charge in [-0.05, 0) is 54.3 Å². The molecule has 0 saturated carbocycles. The Kier molecular flexibility index (Phi) is 5.72. The van der Waals surface area contributed by atoms with Crippen molar-refractivity contribution < 1.29 is 14.0 Å². The standard InChI is InChI=1S/C26H24FN3O2S/c1-18-16-28(11-12-29(18)24(31)20-7-3-2-4-8-20)25(32)23-15-21-10-13-33-26(21)30(23)17-19-6-5-9-22(27)14-19/h2-10,13-15,18H,11-12,16-17H2,1H3/t18-/m0/s1. The van der Waals surface area contributed by atoms with E-state index < -0.39 is 0 Å². The second kappa shape index (κ2) is 8.83. The number of fused-ring (bicyclic) bond motifs is 1. The number of carbonyl (C=O) groups excluding carboxylic acids is 2. The van der Waals surface area contributed by atoms with E-state index in [-0.39, 0.29) is 23.7 Å². The highest BCUT2D eigenvalue weighted by Gasteiger charge is 2.32. The first kappa shape index (κ1) is 21.4. The summed E-state index contributed by atoms with van der Waals surface area (Å²) in [5, 5.41) is 3.00. The number of benzene rings is 2. The van der Waals surface area contributed by atoms with Crippen molar-refractivity contribution in [3.8, 4) is 0 Å². The molecule has 0 aliphatic carbocycles. The summed E-state index contributed by atoms with van der Waals surface area (Å²) in [6, 6.07) is 19.5. The van der Waals surface area contributed by atoms with Crippen molar-refractivity contribution >= 4 is 33.4 Å². The zero-order valence-electron chi connectivity index (χ0n) is 18.3. The van der Waals surface area contributed by atoms with E-state index >= 15 is 0 Å². The Morgan fingerprint density at radius 1 is 1.00 bits per heavy atom. The summed E-state index contributed by atoms with van der Waals surface area (Å²) in [5.41, 5.74) is 2.06. The van der Waals surface area contributed by atoms with Crippen LogP contribution in [0.4, 0.5) is 4.39 Å². The number of hydrogen-bond acceptors (Lipinski definition) is 3. The third-order valence-corrected chi connectivity index (χ3v) is 7.10. The molecule has 168 valence electrons. The molecule has 1 aliphatic rings. The number of hydrogen-bond donors (Lipinski definition) is 0. The number of thiophene rings is 1. The summed E-state index contributed by atoms with van der Waals surface area (Å²) < 4.78 is 15.7. The number of piperazine rings is 1. The Labute approximate surface area is 195 Å². The molecular formula is C26H24FN3O2S. The van der Waals surface area contributed by atoms with Gasteiger partial charge in [-0.25, -0.2) is 4.39 Å². The van der Waals surface area contributed by atoms with Crippen LogP contribution in [0.1, 0.15) is 33.3 Å². The van der Waals surface area contributed by atoms with Crippen LogP contribution in [-0.4, -0.2) is 51.9 Å². The number of amides is 2. The van der Waals surface area contributed by atoms with Crippen molar-refractivity contribution in [3.63, 3.8) is 0 Å². The van der Waals surface area contributed by atoms with Gasteiger partial charge in [0.1, 0.15) is 16.3 Å². The van der Waals surface area contributed by atoms with Crippen LogP contribution >= 0.6 is 11.3 Å². The van der Waals surface area contributed by atoms with Crippen molar-refractivity contribution in [2.75, 3.05) is 19.6 Å². The summed E-state index contributed by atoms with van der Waals surface area (Å²) in [6.45, 7) is 3.83. The summed E-state index contributed by atoms with van der Waals surface area (Å²) in [6.07, 6.45) is 0. The van der Waals surface area contributed by atoms with Gasteiger partial charge in [-0.1, -0.05) is 30.3 Å². The Balaban J connectivity index is 1.37. The van der Waals surface area contributed by atoms with Gasteiger partial charge in [-0.15, -0.1) is 11.3 Å². The van der Waals surface area contributed by atoms with E-state index in [1.807, 2.05) is 75.2 Å². The third kappa shape index (κ3) is 4.16. The lowest BCUT2D eigenvalue weighted by Crippen LogP contribution is -2.55. The molecule has 7 heteroatoms. The van der Waals surface area contributed by atoms with Gasteiger partial charge in [0, 0.05) is 43.2 Å². The number of rotatable bonds is 4. The molecule has 0 N–H and O–H groups in total. The van der Waals surface area contributed by atoms with Crippen LogP contribution in [0.5, 0.6) is 0 Å². The molecule has 1 saturated heterocycles. The SMILES string of the molecule is C[C@H]1CN(C(=O)c2cc3ccsc3n2Cc2cccc(F)c2)CCN1C(=O)c1ccccc1. The Bertz CT molecular complexity index is 1310. The maximum atomic E-state index is 13.8. The van der Waals surface area contributed by atoms with E-state index in [2.05, 4.69) is 0 Å². The average Bonchev–Trinajstić information content (AvgIpc) is 3.41. The predicted octanol–water partition coefficient (Wildman–Crippen LogP) is 4.88. The fourth-order valence-corrected chi connectivity index (χ4v) is 5.38. The van der Waals surface area contributed by atoms with Gasteiger partial charge >= 0.3 is 0 Å². The van der Waals surface area contributed by atoms with E-state index in [1.165, 1.54) is 12.1 Å². The van der Waals surface area contributed by atoms with E-state index in [9.17, 15) is 14.0 Å². The van der Waals surface area contributed by atoms with E-state index in [1.54, 1.807) is 17.4 Å². The largest absolute Gasteiger partial charge is 0.334 e. The minimum atomic E-state index is -0.289. The molecule has 5 nitrogen and oxygen atoms in total. The third-order valence-electron chi connectivity index (χ3n) is 6.15. The van der Waals surface area contributed by atoms with Gasteiger partial charge in [0.2, 0.25) is 0 Å². The quantitative estimate of drug-likeness (QED) is 0.435. The van der Waals surface area contributed by atoms with Crippen LogP contribution < -0.4 is 0 Å². The Morgan fingerprint density at radius 2 is 1.82 bits per heavy atom. The molecule has 33 heavy (non-hydrogen) atoms. The zero-order valence-corrected chi connectivity index (χ0v) is 19.1. The molecule has 0 unspecified atom stereocenters. The second-order valence-electron chi connectivity index (χ2n) is 8.39. The number of nitrogens with zero attached hydrogens (tertiary/aromatic N) is 3. The van der Waals surface area contributed by atoms with Crippen molar-refractivity contribution in [1.29, 1.82) is 0 Å². The molecule has 0 radical (unpaired) electrons. The number of aromatic nitrogens is 1. The van der Waals surface area contributed by atoms with Crippen molar-refractivity contribution in [1.82, 2.24) is 14.4 Å². The summed E-state index contributed by atoms with van der Waals surface area (Å²) >= 11 is 1.57. The monoisotopic (exact) mass is 461 g/mol. The molecule has 2 amide bonds. The predicted molar refractivity (Wildman–Crippen MR) is 128 cm³/mol. The normalized spacial score (nSPS) is 16.4. The lowest BCUT2D eigenvalue weighted by molar-refractivity contribution is 0.0409. The first-order valence-electron chi connectivity index (χ1n) is 11.0. The first-order chi connectivity index (χ1) is 16.0. The lowest BCUT2D eigenvalue weighted by atomic mass is 10.1. The van der Waals surface area contributed by atoms with Crippen molar-refractivity contribution in [2.24, 2.45) is 0 Å². The highest BCUT2D eigenvalue weighted by molar-refractivity contribution is 7.16. The maximum Gasteiger partial charge on any atom is 0.270 e. The van der Waals surface area contributed by atoms with Gasteiger partial charge in [0.05, 0.1) is 0 Å². The fraction of sp³-hybridized carbons (Fsp3) is 0.231. The van der Waals surface area contributed by atoms with E-state index in [0.29, 0.717) is 37.4 Å². The smallest absolute Gasteiger partial charge is 0.270 e. The van der Waals surface area contributed by atoms with Crippen LogP contribution in [0, 0.1) is 5.82 Å². The molecule has 2 aromatic heterocycles. The molecule has 5 rings (SSSR count). The summed E-state index contributed by atoms with van der Waals surface area (Å²) in [4.78, 5) is 31.1. The van der Waals surface area contributed by atoms with Gasteiger partial charge in [-0.3, -0.25) is 9.59 Å². The van der Waals surface area contributed by atoms with Gasteiger partial charge in [0.25, 0.3) is 11.8 Å². The number of halogens is 1. The van der Waals surface area contributed by atoms with E-state index in [0.717, 1.165) is 15.8 Å². The van der Waals surface area contributed by atoms with Gasteiger partial charge in [-0.2, -0.15) is 0 Å².